The minimum atomic E-state index is -0.565. The van der Waals surface area contributed by atoms with Gasteiger partial charge in [0.1, 0.15) is 12.2 Å². The van der Waals surface area contributed by atoms with Gasteiger partial charge in [-0.05, 0) is 39.2 Å². The molecule has 2 heterocycles. The predicted molar refractivity (Wildman–Crippen MR) is 67.5 cm³/mol. The first kappa shape index (κ1) is 13.3. The van der Waals surface area contributed by atoms with Crippen LogP contribution in [-0.4, -0.2) is 45.2 Å². The van der Waals surface area contributed by atoms with Gasteiger partial charge in [-0.15, -0.1) is 0 Å². The van der Waals surface area contributed by atoms with Gasteiger partial charge in [0.15, 0.2) is 0 Å². The predicted octanol–water partition coefficient (Wildman–Crippen LogP) is 0.812. The molecule has 1 fully saturated rings. The molecule has 18 heavy (non-hydrogen) atoms. The van der Waals surface area contributed by atoms with Gasteiger partial charge >= 0.3 is 7.12 Å². The van der Waals surface area contributed by atoms with Gasteiger partial charge in [0.05, 0.1) is 17.8 Å². The highest BCUT2D eigenvalue weighted by molar-refractivity contribution is 6.55. The Balaban J connectivity index is 2.22. The van der Waals surface area contributed by atoms with E-state index in [0.29, 0.717) is 11.3 Å². The molecule has 1 aromatic rings. The van der Waals surface area contributed by atoms with E-state index >= 15 is 0 Å². The molecule has 1 aliphatic heterocycles. The van der Waals surface area contributed by atoms with Crippen LogP contribution in [0.5, 0.6) is 0 Å². The Morgan fingerprint density at radius 1 is 1.39 bits per heavy atom. The van der Waals surface area contributed by atoms with Crippen LogP contribution in [0.3, 0.4) is 0 Å². The fourth-order valence-corrected chi connectivity index (χ4v) is 1.64. The molecule has 6 nitrogen and oxygen atoms in total. The Morgan fingerprint density at radius 3 is 2.44 bits per heavy atom. The Hall–Kier alpha value is -1.18. The maximum absolute atomic E-state index is 9.44. The topological polar surface area (TPSA) is 80.3 Å². The average molecular weight is 251 g/mol. The second kappa shape index (κ2) is 4.49. The molecule has 0 amide bonds. The van der Waals surface area contributed by atoms with Crippen molar-refractivity contribution in [2.24, 2.45) is 0 Å². The molecule has 1 aromatic heterocycles. The third kappa shape index (κ3) is 2.34. The van der Waals surface area contributed by atoms with E-state index in [4.69, 9.17) is 9.31 Å². The minimum absolute atomic E-state index is 0.155. The van der Waals surface area contributed by atoms with Crippen LogP contribution >= 0.6 is 0 Å². The van der Waals surface area contributed by atoms with E-state index in [0.717, 1.165) is 0 Å². The molecule has 0 unspecified atom stereocenters. The van der Waals surface area contributed by atoms with Crippen LogP contribution in [0.15, 0.2) is 11.8 Å². The summed E-state index contributed by atoms with van der Waals surface area (Å²) in [6.45, 7) is 7.72. The Labute approximate surface area is 107 Å². The standard InChI is InChI=1S/C11H18BN3O3/c1-10(2)11(3,4)18-12(17-10)8(6-16)5-9-13-7-14-15-9/h5,7,16H,6H2,1-4H3,(H,13,14,15). The lowest BCUT2D eigenvalue weighted by Gasteiger charge is -2.32. The van der Waals surface area contributed by atoms with Gasteiger partial charge in [-0.25, -0.2) is 4.98 Å². The summed E-state index contributed by atoms with van der Waals surface area (Å²) in [5, 5.41) is 15.9. The van der Waals surface area contributed by atoms with Crippen molar-refractivity contribution in [3.8, 4) is 0 Å². The molecule has 2 N–H and O–H groups in total. The van der Waals surface area contributed by atoms with Crippen LogP contribution < -0.4 is 0 Å². The molecule has 98 valence electrons. The number of H-pyrrole nitrogens is 1. The highest BCUT2D eigenvalue weighted by Gasteiger charge is 2.52. The van der Waals surface area contributed by atoms with E-state index in [-0.39, 0.29) is 6.61 Å². The zero-order valence-corrected chi connectivity index (χ0v) is 11.1. The molecule has 0 aromatic carbocycles. The van der Waals surface area contributed by atoms with Gasteiger partial charge < -0.3 is 14.4 Å². The first-order chi connectivity index (χ1) is 8.36. The Morgan fingerprint density at radius 2 is 2.00 bits per heavy atom. The van der Waals surface area contributed by atoms with E-state index in [1.165, 1.54) is 6.33 Å². The molecule has 0 radical (unpaired) electrons. The summed E-state index contributed by atoms with van der Waals surface area (Å²) in [6, 6.07) is 0. The number of hydrogen-bond acceptors (Lipinski definition) is 5. The highest BCUT2D eigenvalue weighted by Crippen LogP contribution is 2.38. The van der Waals surface area contributed by atoms with Crippen LogP contribution in [0, 0.1) is 0 Å². The molecular formula is C11H18BN3O3. The molecule has 0 aliphatic carbocycles. The van der Waals surface area contributed by atoms with E-state index in [1.54, 1.807) is 6.08 Å². The molecule has 0 spiro atoms. The molecule has 2 rings (SSSR count). The molecule has 1 saturated heterocycles. The minimum Gasteiger partial charge on any atom is -0.400 e. The van der Waals surface area contributed by atoms with Crippen molar-refractivity contribution >= 4 is 13.2 Å². The summed E-state index contributed by atoms with van der Waals surface area (Å²) in [6.07, 6.45) is 3.10. The van der Waals surface area contributed by atoms with Crippen molar-refractivity contribution in [2.45, 2.75) is 38.9 Å². The Kier molecular flexibility index (Phi) is 3.31. The summed E-state index contributed by atoms with van der Waals surface area (Å²) in [5.74, 6) is 0.564. The maximum Gasteiger partial charge on any atom is 0.493 e. The average Bonchev–Trinajstić information content (AvgIpc) is 2.82. The fourth-order valence-electron chi connectivity index (χ4n) is 1.64. The van der Waals surface area contributed by atoms with E-state index in [1.807, 2.05) is 27.7 Å². The molecule has 7 heteroatoms. The highest BCUT2D eigenvalue weighted by atomic mass is 16.7. The summed E-state index contributed by atoms with van der Waals surface area (Å²) in [4.78, 5) is 3.98. The van der Waals surface area contributed by atoms with Crippen LogP contribution in [0.1, 0.15) is 33.5 Å². The monoisotopic (exact) mass is 251 g/mol. The van der Waals surface area contributed by atoms with Crippen LogP contribution in [0.4, 0.5) is 0 Å². The number of aromatic nitrogens is 3. The zero-order chi connectivity index (χ0) is 13.4. The Bertz CT molecular complexity index is 426. The zero-order valence-electron chi connectivity index (χ0n) is 11.1. The van der Waals surface area contributed by atoms with Crippen molar-refractivity contribution < 1.29 is 14.4 Å². The van der Waals surface area contributed by atoms with Gasteiger partial charge in [-0.2, -0.15) is 5.10 Å². The number of rotatable bonds is 3. The maximum atomic E-state index is 9.44. The van der Waals surface area contributed by atoms with Gasteiger partial charge in [-0.3, -0.25) is 5.10 Å². The molecule has 0 saturated carbocycles. The van der Waals surface area contributed by atoms with Crippen molar-refractivity contribution in [3.05, 3.63) is 17.6 Å². The number of nitrogens with one attached hydrogen (secondary N) is 1. The summed E-state index contributed by atoms with van der Waals surface area (Å²) < 4.78 is 11.7. The lowest BCUT2D eigenvalue weighted by molar-refractivity contribution is 0.00578. The largest absolute Gasteiger partial charge is 0.493 e. The summed E-state index contributed by atoms with van der Waals surface area (Å²) in [7, 11) is -0.565. The second-order valence-electron chi connectivity index (χ2n) is 5.34. The molecule has 1 aliphatic rings. The van der Waals surface area contributed by atoms with E-state index in [2.05, 4.69) is 15.2 Å². The number of nitrogens with zero attached hydrogens (tertiary/aromatic N) is 2. The quantitative estimate of drug-likeness (QED) is 0.777. The van der Waals surface area contributed by atoms with E-state index in [9.17, 15) is 5.11 Å². The van der Waals surface area contributed by atoms with Crippen LogP contribution in [0.25, 0.3) is 6.08 Å². The number of hydrogen-bond donors (Lipinski definition) is 2. The molecule has 0 atom stereocenters. The molecular weight excluding hydrogens is 233 g/mol. The van der Waals surface area contributed by atoms with Crippen molar-refractivity contribution in [2.75, 3.05) is 6.61 Å². The van der Waals surface area contributed by atoms with Crippen LogP contribution in [0.2, 0.25) is 0 Å². The van der Waals surface area contributed by atoms with Gasteiger partial charge in [0.25, 0.3) is 0 Å². The normalized spacial score (nSPS) is 22.5. The van der Waals surface area contributed by atoms with Gasteiger partial charge in [-0.1, -0.05) is 0 Å². The SMILES string of the molecule is CC1(C)OB(C(=Cc2ncn[nH]2)CO)OC1(C)C. The van der Waals surface area contributed by atoms with Crippen molar-refractivity contribution in [1.82, 2.24) is 15.2 Å². The van der Waals surface area contributed by atoms with Crippen molar-refractivity contribution in [3.63, 3.8) is 0 Å². The first-order valence-corrected chi connectivity index (χ1v) is 5.88. The lowest BCUT2D eigenvalue weighted by atomic mass is 9.78. The number of aliphatic hydroxyl groups is 1. The van der Waals surface area contributed by atoms with Gasteiger partial charge in [0, 0.05) is 0 Å². The summed E-state index contributed by atoms with van der Waals surface area (Å²) in [5.41, 5.74) is -0.230. The second-order valence-corrected chi connectivity index (χ2v) is 5.34. The fraction of sp³-hybridized carbons (Fsp3) is 0.636. The van der Waals surface area contributed by atoms with Gasteiger partial charge in [0.2, 0.25) is 0 Å². The third-order valence-corrected chi connectivity index (χ3v) is 3.49. The lowest BCUT2D eigenvalue weighted by Crippen LogP contribution is -2.41. The smallest absolute Gasteiger partial charge is 0.400 e. The van der Waals surface area contributed by atoms with Crippen molar-refractivity contribution in [1.29, 1.82) is 0 Å². The number of aliphatic hydroxyl groups excluding tert-OH is 1. The number of aromatic amines is 1. The van der Waals surface area contributed by atoms with Crippen LogP contribution in [-0.2, 0) is 9.31 Å². The third-order valence-electron chi connectivity index (χ3n) is 3.49. The van der Waals surface area contributed by atoms with E-state index < -0.39 is 18.3 Å². The first-order valence-electron chi connectivity index (χ1n) is 5.88. The summed E-state index contributed by atoms with van der Waals surface area (Å²) >= 11 is 0. The molecule has 0 bridgehead atoms.